The molecule has 98 valence electrons. The van der Waals surface area contributed by atoms with E-state index in [-0.39, 0.29) is 12.2 Å². The second kappa shape index (κ2) is 6.42. The van der Waals surface area contributed by atoms with E-state index < -0.39 is 18.0 Å². The zero-order valence-electron chi connectivity index (χ0n) is 9.51. The minimum Gasteiger partial charge on any atom is -0.508 e. The highest BCUT2D eigenvalue weighted by Gasteiger charge is 2.19. The highest BCUT2D eigenvalue weighted by molar-refractivity contribution is 5.86. The maximum Gasteiger partial charge on any atom is 0.329 e. The third kappa shape index (κ3) is 3.92. The van der Waals surface area contributed by atoms with Crippen LogP contribution in [0, 0.1) is 0 Å². The van der Waals surface area contributed by atoms with E-state index in [2.05, 4.69) is 5.32 Å². The van der Waals surface area contributed by atoms with E-state index in [0.29, 0.717) is 0 Å². The molecule has 8 nitrogen and oxygen atoms in total. The van der Waals surface area contributed by atoms with Gasteiger partial charge in [-0.25, -0.2) is 16.5 Å². The number of urea groups is 1. The van der Waals surface area contributed by atoms with Gasteiger partial charge in [-0.3, -0.25) is 15.6 Å². The average molecular weight is 253 g/mol. The predicted octanol–water partition coefficient (Wildman–Crippen LogP) is -1.53. The van der Waals surface area contributed by atoms with Crippen LogP contribution in [-0.4, -0.2) is 23.1 Å². The molecule has 1 aromatic carbocycles. The summed E-state index contributed by atoms with van der Waals surface area (Å²) >= 11 is 0. The highest BCUT2D eigenvalue weighted by atomic mass is 16.3. The molecule has 0 bridgehead atoms. The minimum absolute atomic E-state index is 0.117. The molecule has 0 fully saturated rings. The molecule has 1 unspecified atom stereocenters. The van der Waals surface area contributed by atoms with Crippen molar-refractivity contribution < 1.29 is 14.7 Å². The van der Waals surface area contributed by atoms with Gasteiger partial charge in [0.1, 0.15) is 11.8 Å². The lowest BCUT2D eigenvalue weighted by Crippen LogP contribution is -2.53. The van der Waals surface area contributed by atoms with Gasteiger partial charge in [0, 0.05) is 6.42 Å². The fourth-order valence-electron chi connectivity index (χ4n) is 1.38. The van der Waals surface area contributed by atoms with Crippen LogP contribution in [0.4, 0.5) is 4.79 Å². The Labute approximate surface area is 103 Å². The first-order chi connectivity index (χ1) is 8.56. The molecule has 0 aliphatic heterocycles. The number of amides is 3. The van der Waals surface area contributed by atoms with E-state index in [0.717, 1.165) is 5.56 Å². The Morgan fingerprint density at radius 2 is 1.78 bits per heavy atom. The van der Waals surface area contributed by atoms with Gasteiger partial charge < -0.3 is 10.4 Å². The Morgan fingerprint density at radius 1 is 1.17 bits per heavy atom. The van der Waals surface area contributed by atoms with Crippen LogP contribution in [0.15, 0.2) is 24.3 Å². The molecule has 0 aliphatic carbocycles. The summed E-state index contributed by atoms with van der Waals surface area (Å²) < 4.78 is 0. The Kier molecular flexibility index (Phi) is 4.90. The highest BCUT2D eigenvalue weighted by Crippen LogP contribution is 2.11. The molecule has 0 saturated heterocycles. The summed E-state index contributed by atoms with van der Waals surface area (Å²) in [6, 6.07) is 4.68. The Hall–Kier alpha value is -2.32. The number of nitrogens with one attached hydrogen (secondary N) is 3. The van der Waals surface area contributed by atoms with Gasteiger partial charge in [-0.1, -0.05) is 12.1 Å². The first kappa shape index (κ1) is 13.7. The number of aromatic hydroxyl groups is 1. The molecule has 0 saturated carbocycles. The fourth-order valence-corrected chi connectivity index (χ4v) is 1.38. The zero-order valence-corrected chi connectivity index (χ0v) is 9.51. The number of phenolic OH excluding ortho intramolecular Hbond substituents is 1. The molecule has 1 atom stereocenters. The number of nitrogens with two attached hydrogens (primary N) is 2. The van der Waals surface area contributed by atoms with Crippen molar-refractivity contribution in [3.63, 3.8) is 0 Å². The van der Waals surface area contributed by atoms with Gasteiger partial charge in [-0.15, -0.1) is 0 Å². The predicted molar refractivity (Wildman–Crippen MR) is 63.8 cm³/mol. The molecular weight excluding hydrogens is 238 g/mol. The lowest BCUT2D eigenvalue weighted by molar-refractivity contribution is -0.122. The topological polar surface area (TPSA) is 142 Å². The van der Waals surface area contributed by atoms with E-state index in [1.165, 1.54) is 12.1 Å². The van der Waals surface area contributed by atoms with Crippen molar-refractivity contribution in [2.24, 2.45) is 11.7 Å². The number of hydrazine groups is 2. The van der Waals surface area contributed by atoms with Crippen LogP contribution in [0.3, 0.4) is 0 Å². The Balaban J connectivity index is 2.74. The Morgan fingerprint density at radius 3 is 2.28 bits per heavy atom. The van der Waals surface area contributed by atoms with Gasteiger partial charge in [-0.05, 0) is 17.7 Å². The van der Waals surface area contributed by atoms with Crippen LogP contribution in [0.25, 0.3) is 0 Å². The maximum atomic E-state index is 11.5. The average Bonchev–Trinajstić information content (AvgIpc) is 2.39. The lowest BCUT2D eigenvalue weighted by atomic mass is 10.1. The van der Waals surface area contributed by atoms with Crippen molar-refractivity contribution in [3.8, 4) is 5.75 Å². The summed E-state index contributed by atoms with van der Waals surface area (Å²) in [5.74, 6) is 9.51. The van der Waals surface area contributed by atoms with Crippen LogP contribution in [0.5, 0.6) is 5.75 Å². The maximum absolute atomic E-state index is 11.5. The number of rotatable bonds is 4. The van der Waals surface area contributed by atoms with Gasteiger partial charge in [0.2, 0.25) is 0 Å². The molecule has 0 aliphatic rings. The summed E-state index contributed by atoms with van der Waals surface area (Å²) in [5, 5.41) is 11.5. The number of hydrogen-bond acceptors (Lipinski definition) is 5. The normalized spacial score (nSPS) is 11.4. The molecule has 8 N–H and O–H groups in total. The molecule has 0 spiro atoms. The second-order valence-electron chi connectivity index (χ2n) is 3.55. The van der Waals surface area contributed by atoms with E-state index in [1.807, 2.05) is 10.9 Å². The molecule has 1 aromatic rings. The molecule has 0 heterocycles. The van der Waals surface area contributed by atoms with Gasteiger partial charge in [0.05, 0.1) is 0 Å². The van der Waals surface area contributed by atoms with E-state index in [9.17, 15) is 9.59 Å². The summed E-state index contributed by atoms with van der Waals surface area (Å²) in [5.41, 5.74) is 4.56. The zero-order chi connectivity index (χ0) is 13.5. The van der Waals surface area contributed by atoms with Crippen molar-refractivity contribution in [2.75, 3.05) is 0 Å². The van der Waals surface area contributed by atoms with Gasteiger partial charge in [-0.2, -0.15) is 0 Å². The van der Waals surface area contributed by atoms with Gasteiger partial charge in [0.15, 0.2) is 0 Å². The molecule has 3 amide bonds. The smallest absolute Gasteiger partial charge is 0.329 e. The van der Waals surface area contributed by atoms with Gasteiger partial charge >= 0.3 is 6.03 Å². The van der Waals surface area contributed by atoms with Crippen LogP contribution in [-0.2, 0) is 11.2 Å². The summed E-state index contributed by atoms with van der Waals surface area (Å²) in [4.78, 5) is 22.5. The first-order valence-electron chi connectivity index (χ1n) is 5.12. The quantitative estimate of drug-likeness (QED) is 0.219. The van der Waals surface area contributed by atoms with Crippen molar-refractivity contribution in [1.29, 1.82) is 0 Å². The van der Waals surface area contributed by atoms with E-state index in [4.69, 9.17) is 16.8 Å². The monoisotopic (exact) mass is 253 g/mol. The van der Waals surface area contributed by atoms with E-state index in [1.54, 1.807) is 12.1 Å². The van der Waals surface area contributed by atoms with Crippen molar-refractivity contribution in [2.45, 2.75) is 12.5 Å². The van der Waals surface area contributed by atoms with Crippen molar-refractivity contribution >= 4 is 11.9 Å². The van der Waals surface area contributed by atoms with Crippen LogP contribution in [0.1, 0.15) is 5.56 Å². The number of benzene rings is 1. The number of carbonyl (C=O) groups is 2. The second-order valence-corrected chi connectivity index (χ2v) is 3.55. The standard InChI is InChI=1S/C10H15N5O3/c11-14-9(17)8(13-10(18)15-12)5-6-1-3-7(16)4-2-6/h1-4,8,16H,5,11-12H2,(H,14,17)(H2,13,15,18). The molecule has 18 heavy (non-hydrogen) atoms. The summed E-state index contributed by atoms with van der Waals surface area (Å²) in [6.45, 7) is 0. The van der Waals surface area contributed by atoms with Gasteiger partial charge in [0.25, 0.3) is 5.91 Å². The van der Waals surface area contributed by atoms with E-state index >= 15 is 0 Å². The SMILES string of the molecule is NNC(=O)NC(Cc1ccc(O)cc1)C(=O)NN. The first-order valence-corrected chi connectivity index (χ1v) is 5.12. The molecule has 0 aromatic heterocycles. The third-order valence-electron chi connectivity index (χ3n) is 2.27. The lowest BCUT2D eigenvalue weighted by Gasteiger charge is -2.16. The molecule has 0 radical (unpaired) electrons. The summed E-state index contributed by atoms with van der Waals surface area (Å²) in [6.07, 6.45) is 0.219. The number of carbonyl (C=O) groups excluding carboxylic acids is 2. The van der Waals surface area contributed by atoms with Crippen molar-refractivity contribution in [1.82, 2.24) is 16.2 Å². The number of phenols is 1. The van der Waals surface area contributed by atoms with Crippen molar-refractivity contribution in [3.05, 3.63) is 29.8 Å². The van der Waals surface area contributed by atoms with Crippen LogP contribution < -0.4 is 27.9 Å². The molecule has 1 rings (SSSR count). The molecule has 8 heteroatoms. The molecular formula is C10H15N5O3. The Bertz CT molecular complexity index is 420. The summed E-state index contributed by atoms with van der Waals surface area (Å²) in [7, 11) is 0. The largest absolute Gasteiger partial charge is 0.508 e. The third-order valence-corrected chi connectivity index (χ3v) is 2.27. The van der Waals surface area contributed by atoms with Crippen LogP contribution in [0.2, 0.25) is 0 Å². The number of hydrogen-bond donors (Lipinski definition) is 6. The van der Waals surface area contributed by atoms with Crippen LogP contribution >= 0.6 is 0 Å². The minimum atomic E-state index is -0.858. The fraction of sp³-hybridized carbons (Fsp3) is 0.200.